The maximum absolute atomic E-state index is 11.2. The molecule has 1 unspecified atom stereocenters. The number of ether oxygens (including phenoxy) is 1. The number of hydrogen-bond donors (Lipinski definition) is 1. The molecule has 1 atom stereocenters. The fourth-order valence-electron chi connectivity index (χ4n) is 2.91. The summed E-state index contributed by atoms with van der Waals surface area (Å²) < 4.78 is 5.02. The van der Waals surface area contributed by atoms with Gasteiger partial charge in [0.2, 0.25) is 0 Å². The third-order valence-electron chi connectivity index (χ3n) is 4.07. The van der Waals surface area contributed by atoms with Gasteiger partial charge in [-0.1, -0.05) is 30.3 Å². The van der Waals surface area contributed by atoms with Gasteiger partial charge in [-0.15, -0.1) is 0 Å². The van der Waals surface area contributed by atoms with Crippen LogP contribution in [0.3, 0.4) is 0 Å². The first-order valence-corrected chi connectivity index (χ1v) is 7.20. The third-order valence-corrected chi connectivity index (χ3v) is 4.07. The van der Waals surface area contributed by atoms with Crippen molar-refractivity contribution in [2.24, 2.45) is 5.92 Å². The van der Waals surface area contributed by atoms with Gasteiger partial charge < -0.3 is 9.84 Å². The highest BCUT2D eigenvalue weighted by Crippen LogP contribution is 2.23. The molecule has 0 aliphatic carbocycles. The second kappa shape index (κ2) is 7.41. The molecule has 4 heteroatoms. The van der Waals surface area contributed by atoms with Crippen molar-refractivity contribution in [2.75, 3.05) is 26.8 Å². The summed E-state index contributed by atoms with van der Waals surface area (Å²) in [4.78, 5) is 13.3. The summed E-state index contributed by atoms with van der Waals surface area (Å²) in [6, 6.07) is 10.0. The Morgan fingerprint density at radius 1 is 1.35 bits per heavy atom. The van der Waals surface area contributed by atoms with Crippen LogP contribution in [0.1, 0.15) is 18.4 Å². The lowest BCUT2D eigenvalue weighted by Gasteiger charge is -2.35. The molecule has 1 saturated heterocycles. The summed E-state index contributed by atoms with van der Waals surface area (Å²) in [5, 5.41) is 9.24. The molecule has 0 aromatic heterocycles. The Balaban J connectivity index is 1.84. The molecule has 4 nitrogen and oxygen atoms in total. The molecule has 0 saturated carbocycles. The van der Waals surface area contributed by atoms with E-state index in [1.165, 1.54) is 5.56 Å². The molecular formula is C16H23NO3. The predicted octanol–water partition coefficient (Wildman–Crippen LogP) is 2.04. The Hall–Kier alpha value is -1.39. The Kier molecular flexibility index (Phi) is 5.56. The van der Waals surface area contributed by atoms with Crippen molar-refractivity contribution in [1.82, 2.24) is 4.90 Å². The van der Waals surface area contributed by atoms with E-state index in [0.29, 0.717) is 5.92 Å². The molecule has 0 amide bonds. The molecule has 1 N–H and O–H groups in total. The van der Waals surface area contributed by atoms with Gasteiger partial charge in [0.25, 0.3) is 0 Å². The van der Waals surface area contributed by atoms with E-state index < -0.39 is 12.0 Å². The van der Waals surface area contributed by atoms with Crippen molar-refractivity contribution in [2.45, 2.75) is 25.3 Å². The normalized spacial score (nSPS) is 18.9. The van der Waals surface area contributed by atoms with E-state index in [9.17, 15) is 9.90 Å². The van der Waals surface area contributed by atoms with Gasteiger partial charge in [0.15, 0.2) is 0 Å². The van der Waals surface area contributed by atoms with Gasteiger partial charge in [-0.25, -0.2) is 0 Å². The van der Waals surface area contributed by atoms with E-state index in [1.54, 1.807) is 7.11 Å². The van der Waals surface area contributed by atoms with E-state index in [0.717, 1.165) is 32.4 Å². The zero-order valence-electron chi connectivity index (χ0n) is 12.0. The number of carbonyl (C=O) groups is 1. The van der Waals surface area contributed by atoms with Crippen molar-refractivity contribution in [3.8, 4) is 0 Å². The first kappa shape index (κ1) is 15.0. The van der Waals surface area contributed by atoms with Crippen LogP contribution in [-0.4, -0.2) is 48.8 Å². The van der Waals surface area contributed by atoms with E-state index in [4.69, 9.17) is 4.74 Å². The molecular weight excluding hydrogens is 254 g/mol. The van der Waals surface area contributed by atoms with Crippen molar-refractivity contribution in [3.05, 3.63) is 35.9 Å². The summed E-state index contributed by atoms with van der Waals surface area (Å²) in [5.41, 5.74) is 1.37. The van der Waals surface area contributed by atoms with Gasteiger partial charge in [-0.2, -0.15) is 0 Å². The number of carboxylic acids is 1. The Morgan fingerprint density at radius 3 is 2.55 bits per heavy atom. The second-order valence-corrected chi connectivity index (χ2v) is 5.48. The molecule has 1 fully saturated rings. The minimum atomic E-state index is -0.784. The highest BCUT2D eigenvalue weighted by atomic mass is 16.5. The number of benzene rings is 1. The summed E-state index contributed by atoms with van der Waals surface area (Å²) in [7, 11) is 1.55. The first-order chi connectivity index (χ1) is 9.70. The smallest absolute Gasteiger partial charge is 0.323 e. The monoisotopic (exact) mass is 277 g/mol. The van der Waals surface area contributed by atoms with Gasteiger partial charge in [-0.05, 0) is 43.8 Å². The first-order valence-electron chi connectivity index (χ1n) is 7.20. The molecule has 1 aliphatic rings. The van der Waals surface area contributed by atoms with Gasteiger partial charge >= 0.3 is 5.97 Å². The van der Waals surface area contributed by atoms with Crippen molar-refractivity contribution >= 4 is 5.97 Å². The van der Waals surface area contributed by atoms with Crippen LogP contribution >= 0.6 is 0 Å². The maximum atomic E-state index is 11.2. The lowest BCUT2D eigenvalue weighted by molar-refractivity contribution is -0.146. The second-order valence-electron chi connectivity index (χ2n) is 5.48. The van der Waals surface area contributed by atoms with Crippen LogP contribution in [0, 0.1) is 5.92 Å². The van der Waals surface area contributed by atoms with Crippen LogP contribution in [0.5, 0.6) is 0 Å². The Morgan fingerprint density at radius 2 is 2.00 bits per heavy atom. The molecule has 2 rings (SSSR count). The molecule has 0 spiro atoms. The quantitative estimate of drug-likeness (QED) is 0.864. The third kappa shape index (κ3) is 4.05. The maximum Gasteiger partial charge on any atom is 0.323 e. The molecule has 0 radical (unpaired) electrons. The van der Waals surface area contributed by atoms with Crippen LogP contribution in [0.25, 0.3) is 0 Å². The van der Waals surface area contributed by atoms with Gasteiger partial charge in [0.05, 0.1) is 6.61 Å². The number of hydrogen-bond acceptors (Lipinski definition) is 3. The zero-order valence-corrected chi connectivity index (χ0v) is 12.0. The number of rotatable bonds is 6. The van der Waals surface area contributed by atoms with E-state index >= 15 is 0 Å². The van der Waals surface area contributed by atoms with Crippen LogP contribution in [0.4, 0.5) is 0 Å². The standard InChI is InChI=1S/C16H23NO3/c1-20-12-15(16(18)19)17-9-7-14(8-10-17)11-13-5-3-2-4-6-13/h2-6,14-15H,7-12H2,1H3,(H,18,19). The lowest BCUT2D eigenvalue weighted by Crippen LogP contribution is -2.48. The Labute approximate surface area is 120 Å². The number of methoxy groups -OCH3 is 1. The highest BCUT2D eigenvalue weighted by Gasteiger charge is 2.29. The van der Waals surface area contributed by atoms with Crippen LogP contribution in [0.2, 0.25) is 0 Å². The van der Waals surface area contributed by atoms with Crippen LogP contribution in [0.15, 0.2) is 30.3 Å². The minimum absolute atomic E-state index is 0.263. The molecule has 1 aromatic rings. The van der Waals surface area contributed by atoms with E-state index in [-0.39, 0.29) is 6.61 Å². The number of aliphatic carboxylic acids is 1. The predicted molar refractivity (Wildman–Crippen MR) is 77.7 cm³/mol. The van der Waals surface area contributed by atoms with Gasteiger partial charge in [0, 0.05) is 7.11 Å². The van der Waals surface area contributed by atoms with Crippen LogP contribution < -0.4 is 0 Å². The molecule has 110 valence electrons. The fraction of sp³-hybridized carbons (Fsp3) is 0.562. The molecule has 20 heavy (non-hydrogen) atoms. The van der Waals surface area contributed by atoms with Gasteiger partial charge in [-0.3, -0.25) is 9.69 Å². The summed E-state index contributed by atoms with van der Waals surface area (Å²) in [5.74, 6) is -0.126. The minimum Gasteiger partial charge on any atom is -0.480 e. The zero-order chi connectivity index (χ0) is 14.4. The van der Waals surface area contributed by atoms with Crippen molar-refractivity contribution in [1.29, 1.82) is 0 Å². The van der Waals surface area contributed by atoms with Crippen molar-refractivity contribution in [3.63, 3.8) is 0 Å². The molecule has 1 heterocycles. The number of nitrogens with zero attached hydrogens (tertiary/aromatic N) is 1. The number of piperidine rings is 1. The summed E-state index contributed by atoms with van der Waals surface area (Å²) >= 11 is 0. The number of likely N-dealkylation sites (tertiary alicyclic amines) is 1. The summed E-state index contributed by atoms with van der Waals surface area (Å²) in [6.45, 7) is 1.95. The number of carboxylic acid groups (broad SMARTS) is 1. The molecule has 0 bridgehead atoms. The fourth-order valence-corrected chi connectivity index (χ4v) is 2.91. The molecule has 1 aliphatic heterocycles. The average molecular weight is 277 g/mol. The van der Waals surface area contributed by atoms with Crippen LogP contribution in [-0.2, 0) is 16.0 Å². The SMILES string of the molecule is COCC(C(=O)O)N1CCC(Cc2ccccc2)CC1. The van der Waals surface area contributed by atoms with Crippen molar-refractivity contribution < 1.29 is 14.6 Å². The van der Waals surface area contributed by atoms with Gasteiger partial charge in [0.1, 0.15) is 6.04 Å². The van der Waals surface area contributed by atoms with E-state index in [1.807, 2.05) is 11.0 Å². The molecule has 1 aromatic carbocycles. The van der Waals surface area contributed by atoms with E-state index in [2.05, 4.69) is 24.3 Å². The average Bonchev–Trinajstić information content (AvgIpc) is 2.47. The topological polar surface area (TPSA) is 49.8 Å². The Bertz CT molecular complexity index is 413. The lowest BCUT2D eigenvalue weighted by atomic mass is 9.89. The largest absolute Gasteiger partial charge is 0.480 e. The highest BCUT2D eigenvalue weighted by molar-refractivity contribution is 5.73. The summed E-state index contributed by atoms with van der Waals surface area (Å²) in [6.07, 6.45) is 3.21.